The van der Waals surface area contributed by atoms with E-state index in [0.29, 0.717) is 138 Å². The van der Waals surface area contributed by atoms with Gasteiger partial charge in [-0.1, -0.05) is 24.3 Å². The summed E-state index contributed by atoms with van der Waals surface area (Å²) in [6, 6.07) is 7.34. The summed E-state index contributed by atoms with van der Waals surface area (Å²) in [6.07, 6.45) is 0.260. The normalized spacial score (nSPS) is 12.1. The van der Waals surface area contributed by atoms with Crippen molar-refractivity contribution in [3.8, 4) is 0 Å². The van der Waals surface area contributed by atoms with E-state index in [2.05, 4.69) is 15.5 Å². The fourth-order valence-electron chi connectivity index (χ4n) is 3.38. The lowest BCUT2D eigenvalue weighted by molar-refractivity contribution is -0.122. The molecule has 0 fully saturated rings. The Balaban J connectivity index is 1.78. The number of nitrogens with one attached hydrogen (secondary N) is 1. The van der Waals surface area contributed by atoms with Crippen LogP contribution in [0.5, 0.6) is 0 Å². The third kappa shape index (κ3) is 28.0. The molecule has 1 rings (SSSR count). The second kappa shape index (κ2) is 31.8. The van der Waals surface area contributed by atoms with Gasteiger partial charge in [0.05, 0.1) is 119 Å². The highest BCUT2D eigenvalue weighted by atomic mass is 16.6. The first kappa shape index (κ1) is 42.3. The van der Waals surface area contributed by atoms with Crippen molar-refractivity contribution in [2.24, 2.45) is 27.4 Å². The largest absolute Gasteiger partial charge is 0.386 e. The van der Waals surface area contributed by atoms with Crippen molar-refractivity contribution in [3.63, 3.8) is 0 Å². The van der Waals surface area contributed by atoms with Crippen LogP contribution >= 0.6 is 0 Å². The number of rotatable bonds is 33. The molecule has 0 aliphatic carbocycles. The van der Waals surface area contributed by atoms with Gasteiger partial charge in [-0.05, 0) is 12.5 Å². The molecule has 1 aromatic rings. The molecule has 1 amide bonds. The van der Waals surface area contributed by atoms with Crippen LogP contribution in [0.4, 0.5) is 0 Å². The van der Waals surface area contributed by atoms with Gasteiger partial charge in [0.15, 0.2) is 5.84 Å². The van der Waals surface area contributed by atoms with Crippen molar-refractivity contribution >= 4 is 17.6 Å². The van der Waals surface area contributed by atoms with Gasteiger partial charge in [0.1, 0.15) is 5.84 Å². The first-order valence-electron chi connectivity index (χ1n) is 15.9. The Hall–Kier alpha value is -2.77. The molecule has 0 radical (unpaired) electrons. The molecule has 0 unspecified atom stereocenters. The predicted molar refractivity (Wildman–Crippen MR) is 177 cm³/mol. The number of nitrogens with two attached hydrogens (primary N) is 3. The molecule has 0 saturated heterocycles. The van der Waals surface area contributed by atoms with Gasteiger partial charge in [-0.2, -0.15) is 0 Å². The van der Waals surface area contributed by atoms with Crippen LogP contribution in [0.2, 0.25) is 0 Å². The Morgan fingerprint density at radius 3 is 1.30 bits per heavy atom. The van der Waals surface area contributed by atoms with Gasteiger partial charge in [0.25, 0.3) is 0 Å². The minimum Gasteiger partial charge on any atom is -0.386 e. The number of hydrogen-bond acceptors (Lipinski definition) is 13. The highest BCUT2D eigenvalue weighted by molar-refractivity contribution is 5.97. The summed E-state index contributed by atoms with van der Waals surface area (Å²) in [5.41, 5.74) is 18.3. The van der Waals surface area contributed by atoms with Crippen LogP contribution in [0.15, 0.2) is 34.5 Å². The fourth-order valence-corrected chi connectivity index (χ4v) is 3.38. The van der Waals surface area contributed by atoms with E-state index < -0.39 is 0 Å². The summed E-state index contributed by atoms with van der Waals surface area (Å²) in [4.78, 5) is 12.1. The average Bonchev–Trinajstić information content (AvgIpc) is 3.07. The molecule has 0 aliphatic rings. The number of hydrogen-bond donors (Lipinski definition) is 4. The number of carbonyl (C=O) groups excluding carboxylic acids is 1. The van der Waals surface area contributed by atoms with E-state index in [1.165, 1.54) is 0 Å². The first-order chi connectivity index (χ1) is 23.0. The molecule has 16 nitrogen and oxygen atoms in total. The summed E-state index contributed by atoms with van der Waals surface area (Å²) in [5, 5.41) is 10.4. The molecule has 0 spiro atoms. The monoisotopic (exact) mass is 672 g/mol. The van der Waals surface area contributed by atoms with Gasteiger partial charge in [0.2, 0.25) is 5.91 Å². The van der Waals surface area contributed by atoms with Crippen molar-refractivity contribution in [3.05, 3.63) is 35.4 Å². The van der Waals surface area contributed by atoms with E-state index in [1.807, 2.05) is 24.3 Å². The van der Waals surface area contributed by atoms with Crippen LogP contribution in [0, 0.1) is 0 Å². The molecule has 47 heavy (non-hydrogen) atoms. The molecule has 0 heterocycles. The number of nitrogens with zero attached hydrogens (tertiary/aromatic N) is 2. The number of benzene rings is 1. The number of amidine groups is 2. The molecule has 0 aromatic heterocycles. The van der Waals surface area contributed by atoms with Crippen LogP contribution in [0.3, 0.4) is 0 Å². The lowest BCUT2D eigenvalue weighted by Gasteiger charge is -2.09. The summed E-state index contributed by atoms with van der Waals surface area (Å²) >= 11 is 0. The second-order valence-electron chi connectivity index (χ2n) is 9.75. The molecule has 0 aliphatic heterocycles. The first-order valence-corrected chi connectivity index (χ1v) is 15.9. The number of carbonyl (C=O) groups is 1. The highest BCUT2D eigenvalue weighted by Gasteiger charge is 2.04. The van der Waals surface area contributed by atoms with Gasteiger partial charge in [-0.15, -0.1) is 10.2 Å². The molecule has 16 heteroatoms. The van der Waals surface area contributed by atoms with E-state index in [4.69, 9.17) is 59.8 Å². The van der Waals surface area contributed by atoms with Gasteiger partial charge in [0, 0.05) is 25.1 Å². The standard InChI is InChI=1S/C31H56N6O10/c1-27(33)36-37-31(34)29-4-2-28(3-5-29)26-35-30(38)6-8-39-10-12-41-14-16-43-18-20-45-22-24-47-25-23-46-21-19-44-17-15-42-13-11-40-9-7-32/h2-5H,6-26,32H2,1H3,(H2,33,36)(H2,34,37)(H,35,38). The topological polar surface area (TPSA) is 215 Å². The van der Waals surface area contributed by atoms with Gasteiger partial charge < -0.3 is 65.1 Å². The van der Waals surface area contributed by atoms with E-state index >= 15 is 0 Å². The third-order valence-electron chi connectivity index (χ3n) is 5.77. The summed E-state index contributed by atoms with van der Waals surface area (Å²) in [5.74, 6) is 0.486. The molecule has 0 bridgehead atoms. The van der Waals surface area contributed by atoms with E-state index in [-0.39, 0.29) is 18.2 Å². The maximum atomic E-state index is 12.1. The zero-order valence-corrected chi connectivity index (χ0v) is 27.9. The Morgan fingerprint density at radius 2 is 0.936 bits per heavy atom. The number of amides is 1. The van der Waals surface area contributed by atoms with Crippen LogP contribution in [0.1, 0.15) is 24.5 Å². The predicted octanol–water partition coefficient (Wildman–Crippen LogP) is -0.202. The molecular weight excluding hydrogens is 616 g/mol. The zero-order valence-electron chi connectivity index (χ0n) is 27.9. The van der Waals surface area contributed by atoms with Crippen LogP contribution in [0.25, 0.3) is 0 Å². The smallest absolute Gasteiger partial charge is 0.222 e. The molecule has 0 saturated carbocycles. The third-order valence-corrected chi connectivity index (χ3v) is 5.77. The zero-order chi connectivity index (χ0) is 34.0. The van der Waals surface area contributed by atoms with Crippen LogP contribution < -0.4 is 22.5 Å². The Labute approximate surface area is 278 Å². The molecule has 7 N–H and O–H groups in total. The van der Waals surface area contributed by atoms with Crippen molar-refractivity contribution in [1.82, 2.24) is 5.32 Å². The minimum atomic E-state index is -0.100. The Kier molecular flexibility index (Phi) is 28.6. The van der Waals surface area contributed by atoms with E-state index in [1.54, 1.807) is 6.92 Å². The van der Waals surface area contributed by atoms with Crippen molar-refractivity contribution < 1.29 is 47.4 Å². The van der Waals surface area contributed by atoms with Crippen LogP contribution in [-0.4, -0.2) is 143 Å². The maximum absolute atomic E-state index is 12.1. The summed E-state index contributed by atoms with van der Waals surface area (Å²) in [6.45, 7) is 11.2. The molecule has 1 aromatic carbocycles. The second-order valence-corrected chi connectivity index (χ2v) is 9.75. The Bertz CT molecular complexity index is 936. The summed E-state index contributed by atoms with van der Waals surface area (Å²) in [7, 11) is 0. The minimum absolute atomic E-state index is 0.100. The number of ether oxygens (including phenoxy) is 9. The quantitative estimate of drug-likeness (QED) is 0.0330. The van der Waals surface area contributed by atoms with E-state index in [0.717, 1.165) is 11.1 Å². The average molecular weight is 673 g/mol. The SMILES string of the molecule is C/C(N)=N/N=C(\N)c1ccc(CNC(=O)CCOCCOCCOCCOCCOCCOCCOCCOCCOCCN)cc1. The van der Waals surface area contributed by atoms with Crippen molar-refractivity contribution in [2.75, 3.05) is 125 Å². The van der Waals surface area contributed by atoms with Gasteiger partial charge in [-0.25, -0.2) is 0 Å². The lowest BCUT2D eigenvalue weighted by Crippen LogP contribution is -2.24. The molecular formula is C31H56N6O10. The fraction of sp³-hybridized carbons (Fsp3) is 0.710. The Morgan fingerprint density at radius 1 is 0.574 bits per heavy atom. The van der Waals surface area contributed by atoms with E-state index in [9.17, 15) is 4.79 Å². The molecule has 0 atom stereocenters. The lowest BCUT2D eigenvalue weighted by atomic mass is 10.1. The maximum Gasteiger partial charge on any atom is 0.222 e. The molecule has 270 valence electrons. The van der Waals surface area contributed by atoms with Crippen molar-refractivity contribution in [1.29, 1.82) is 0 Å². The highest BCUT2D eigenvalue weighted by Crippen LogP contribution is 2.05. The van der Waals surface area contributed by atoms with Gasteiger partial charge >= 0.3 is 0 Å². The van der Waals surface area contributed by atoms with Crippen LogP contribution in [-0.2, 0) is 54.0 Å². The van der Waals surface area contributed by atoms with Gasteiger partial charge in [-0.3, -0.25) is 4.79 Å². The summed E-state index contributed by atoms with van der Waals surface area (Å²) < 4.78 is 48.8. The van der Waals surface area contributed by atoms with Crippen molar-refractivity contribution in [2.45, 2.75) is 19.9 Å².